The van der Waals surface area contributed by atoms with Crippen LogP contribution >= 0.6 is 23.2 Å². The highest BCUT2D eigenvalue weighted by Gasteiger charge is 2.48. The van der Waals surface area contributed by atoms with Crippen LogP contribution in [0.2, 0.25) is 10.0 Å². The molecular formula is C16H14Cl2N4O3. The Morgan fingerprint density at radius 3 is 2.64 bits per heavy atom. The maximum Gasteiger partial charge on any atom is 0.322 e. The van der Waals surface area contributed by atoms with Gasteiger partial charge in [0.25, 0.3) is 5.91 Å². The summed E-state index contributed by atoms with van der Waals surface area (Å²) in [6.45, 7) is 0. The largest absolute Gasteiger partial charge is 0.339 e. The predicted molar refractivity (Wildman–Crippen MR) is 90.4 cm³/mol. The lowest BCUT2D eigenvalue weighted by molar-refractivity contribution is -0.125. The molecule has 130 valence electrons. The zero-order chi connectivity index (χ0) is 17.6. The Balaban J connectivity index is 1.51. The van der Waals surface area contributed by atoms with E-state index in [9.17, 15) is 9.59 Å². The first-order valence-corrected chi connectivity index (χ1v) is 8.65. The Morgan fingerprint density at radius 2 is 1.96 bits per heavy atom. The van der Waals surface area contributed by atoms with Gasteiger partial charge in [0.15, 0.2) is 0 Å². The number of hydrogen-bond acceptors (Lipinski definition) is 5. The molecule has 4 rings (SSSR count). The van der Waals surface area contributed by atoms with Crippen LogP contribution in [0.25, 0.3) is 11.4 Å². The number of nitrogens with one attached hydrogen (secondary N) is 2. The smallest absolute Gasteiger partial charge is 0.322 e. The molecule has 1 aromatic heterocycles. The van der Waals surface area contributed by atoms with Crippen LogP contribution in [0.5, 0.6) is 0 Å². The first-order chi connectivity index (χ1) is 12.0. The minimum Gasteiger partial charge on any atom is -0.339 e. The molecule has 1 saturated carbocycles. The standard InChI is InChI=1S/C16H14Cl2N4O3/c17-9-1-2-11(18)10(7-9)12-19-13(25-22-12)8-3-5-16(6-4-8)14(23)20-15(24)21-16/h1-2,7-8H,3-6H2,(H2,20,21,23,24). The second-order valence-electron chi connectivity index (χ2n) is 6.35. The van der Waals surface area contributed by atoms with Crippen molar-refractivity contribution in [3.63, 3.8) is 0 Å². The van der Waals surface area contributed by atoms with Crippen molar-refractivity contribution >= 4 is 35.1 Å². The Kier molecular flexibility index (Phi) is 3.92. The van der Waals surface area contributed by atoms with Gasteiger partial charge in [-0.25, -0.2) is 4.79 Å². The van der Waals surface area contributed by atoms with E-state index in [1.807, 2.05) is 0 Å². The zero-order valence-electron chi connectivity index (χ0n) is 13.0. The van der Waals surface area contributed by atoms with Gasteiger partial charge in [-0.15, -0.1) is 0 Å². The van der Waals surface area contributed by atoms with Crippen molar-refractivity contribution in [1.82, 2.24) is 20.8 Å². The van der Waals surface area contributed by atoms with Gasteiger partial charge in [0.05, 0.1) is 5.02 Å². The van der Waals surface area contributed by atoms with E-state index in [4.69, 9.17) is 27.7 Å². The lowest BCUT2D eigenvalue weighted by Crippen LogP contribution is -2.49. The van der Waals surface area contributed by atoms with Gasteiger partial charge in [0.1, 0.15) is 5.54 Å². The molecule has 1 aliphatic carbocycles. The number of rotatable bonds is 2. The van der Waals surface area contributed by atoms with Crippen LogP contribution in [-0.4, -0.2) is 27.6 Å². The van der Waals surface area contributed by atoms with E-state index < -0.39 is 11.6 Å². The summed E-state index contributed by atoms with van der Waals surface area (Å²) in [5.74, 6) is 0.670. The molecule has 25 heavy (non-hydrogen) atoms. The Bertz CT molecular complexity index is 859. The molecule has 1 aromatic carbocycles. The van der Waals surface area contributed by atoms with Gasteiger partial charge >= 0.3 is 6.03 Å². The van der Waals surface area contributed by atoms with Crippen molar-refractivity contribution in [2.24, 2.45) is 0 Å². The Morgan fingerprint density at radius 1 is 1.20 bits per heavy atom. The number of amides is 3. The predicted octanol–water partition coefficient (Wildman–Crippen LogP) is 3.28. The lowest BCUT2D eigenvalue weighted by Gasteiger charge is -2.33. The molecule has 2 fully saturated rings. The molecule has 2 N–H and O–H groups in total. The molecule has 0 bridgehead atoms. The molecule has 2 aromatic rings. The van der Waals surface area contributed by atoms with Crippen molar-refractivity contribution in [1.29, 1.82) is 0 Å². The molecule has 1 aliphatic heterocycles. The summed E-state index contributed by atoms with van der Waals surface area (Å²) in [6, 6.07) is 4.63. The second-order valence-corrected chi connectivity index (χ2v) is 7.19. The van der Waals surface area contributed by atoms with E-state index in [2.05, 4.69) is 20.8 Å². The molecule has 0 atom stereocenters. The molecule has 9 heteroatoms. The number of carbonyl (C=O) groups excluding carboxylic acids is 2. The Labute approximate surface area is 153 Å². The van der Waals surface area contributed by atoms with E-state index in [1.165, 1.54) is 0 Å². The number of carbonyl (C=O) groups is 2. The van der Waals surface area contributed by atoms with Gasteiger partial charge in [-0.05, 0) is 43.9 Å². The van der Waals surface area contributed by atoms with Crippen LogP contribution in [0.3, 0.4) is 0 Å². The number of urea groups is 1. The first-order valence-electron chi connectivity index (χ1n) is 7.89. The average Bonchev–Trinajstić information content (AvgIpc) is 3.16. The van der Waals surface area contributed by atoms with Crippen LogP contribution in [0.4, 0.5) is 4.79 Å². The fourth-order valence-corrected chi connectivity index (χ4v) is 3.79. The van der Waals surface area contributed by atoms with E-state index in [0.717, 1.165) is 0 Å². The Hall–Kier alpha value is -2.12. The molecule has 0 unspecified atom stereocenters. The fraction of sp³-hybridized carbons (Fsp3) is 0.375. The topological polar surface area (TPSA) is 97.1 Å². The highest BCUT2D eigenvalue weighted by molar-refractivity contribution is 6.35. The lowest BCUT2D eigenvalue weighted by atomic mass is 9.76. The molecule has 7 nitrogen and oxygen atoms in total. The van der Waals surface area contributed by atoms with E-state index in [0.29, 0.717) is 53.0 Å². The summed E-state index contributed by atoms with van der Waals surface area (Å²) in [6.07, 6.45) is 2.40. The van der Waals surface area contributed by atoms with Gasteiger partial charge in [-0.2, -0.15) is 4.98 Å². The minimum atomic E-state index is -0.799. The van der Waals surface area contributed by atoms with E-state index in [1.54, 1.807) is 18.2 Å². The van der Waals surface area contributed by atoms with Crippen molar-refractivity contribution in [2.75, 3.05) is 0 Å². The molecule has 2 aliphatic rings. The second kappa shape index (κ2) is 6.00. The molecule has 1 saturated heterocycles. The summed E-state index contributed by atoms with van der Waals surface area (Å²) in [7, 11) is 0. The maximum absolute atomic E-state index is 12.0. The third kappa shape index (κ3) is 2.87. The quantitative estimate of drug-likeness (QED) is 0.779. The van der Waals surface area contributed by atoms with E-state index in [-0.39, 0.29) is 11.8 Å². The van der Waals surface area contributed by atoms with Crippen LogP contribution in [0.15, 0.2) is 22.7 Å². The molecular weight excluding hydrogens is 367 g/mol. The average molecular weight is 381 g/mol. The zero-order valence-corrected chi connectivity index (χ0v) is 14.5. The van der Waals surface area contributed by atoms with Gasteiger partial charge in [0.2, 0.25) is 11.7 Å². The van der Waals surface area contributed by atoms with Gasteiger partial charge in [-0.1, -0.05) is 28.4 Å². The molecule has 3 amide bonds. The molecule has 1 spiro atoms. The SMILES string of the molecule is O=C1NC(=O)C2(CCC(c3nc(-c4cc(Cl)ccc4Cl)no3)CC2)N1. The third-order valence-electron chi connectivity index (χ3n) is 4.81. The van der Waals surface area contributed by atoms with Crippen molar-refractivity contribution in [2.45, 2.75) is 37.1 Å². The highest BCUT2D eigenvalue weighted by atomic mass is 35.5. The van der Waals surface area contributed by atoms with Gasteiger partial charge in [-0.3, -0.25) is 10.1 Å². The minimum absolute atomic E-state index is 0.0372. The number of halogens is 2. The normalized spacial score (nSPS) is 25.9. The molecule has 0 radical (unpaired) electrons. The van der Waals surface area contributed by atoms with Crippen LogP contribution < -0.4 is 10.6 Å². The summed E-state index contributed by atoms with van der Waals surface area (Å²) < 4.78 is 5.40. The third-order valence-corrected chi connectivity index (χ3v) is 5.38. The molecule has 2 heterocycles. The van der Waals surface area contributed by atoms with Crippen LogP contribution in [0, 0.1) is 0 Å². The van der Waals surface area contributed by atoms with Crippen molar-refractivity contribution < 1.29 is 14.1 Å². The van der Waals surface area contributed by atoms with E-state index >= 15 is 0 Å². The van der Waals surface area contributed by atoms with Gasteiger partial charge < -0.3 is 9.84 Å². The first kappa shape index (κ1) is 16.4. The number of aromatic nitrogens is 2. The highest BCUT2D eigenvalue weighted by Crippen LogP contribution is 2.39. The maximum atomic E-state index is 12.0. The van der Waals surface area contributed by atoms with Crippen molar-refractivity contribution in [3.05, 3.63) is 34.1 Å². The van der Waals surface area contributed by atoms with Crippen molar-refractivity contribution in [3.8, 4) is 11.4 Å². The van der Waals surface area contributed by atoms with Crippen LogP contribution in [-0.2, 0) is 4.79 Å². The van der Waals surface area contributed by atoms with Crippen LogP contribution in [0.1, 0.15) is 37.5 Å². The number of imide groups is 1. The monoisotopic (exact) mass is 380 g/mol. The summed E-state index contributed by atoms with van der Waals surface area (Å²) in [5.41, 5.74) is -0.189. The summed E-state index contributed by atoms with van der Waals surface area (Å²) in [5, 5.41) is 10.1. The number of nitrogens with zero attached hydrogens (tertiary/aromatic N) is 2. The fourth-order valence-electron chi connectivity index (χ4n) is 3.42. The number of hydrogen-bond donors (Lipinski definition) is 2. The summed E-state index contributed by atoms with van der Waals surface area (Å²) in [4.78, 5) is 27.8. The number of benzene rings is 1. The summed E-state index contributed by atoms with van der Waals surface area (Å²) >= 11 is 12.2. The van der Waals surface area contributed by atoms with Gasteiger partial charge in [0, 0.05) is 16.5 Å².